The molecule has 1 heterocycles. The normalized spacial score (nSPS) is 18.5. The number of nitrogens with two attached hydrogens (primary N) is 1. The van der Waals surface area contributed by atoms with Gasteiger partial charge < -0.3 is 5.73 Å². The fourth-order valence-corrected chi connectivity index (χ4v) is 6.95. The van der Waals surface area contributed by atoms with E-state index in [-0.39, 0.29) is 29.4 Å². The SMILES string of the molecule is Cc1cc(C)c(C2C(C#N)=C(N)N(c3ccc(C(F)(F)F)cc3)C3=C2C(=O)CC(C)(C)C3)cc1CSc1ccc(F)cc1. The number of aryl methyl sites for hydroxylation is 2. The average molecular weight is 606 g/mol. The monoisotopic (exact) mass is 605 g/mol. The van der Waals surface area contributed by atoms with Crippen molar-refractivity contribution in [3.05, 3.63) is 117 Å². The van der Waals surface area contributed by atoms with E-state index in [2.05, 4.69) is 6.07 Å². The van der Waals surface area contributed by atoms with E-state index in [1.807, 2.05) is 39.8 Å². The number of rotatable bonds is 5. The van der Waals surface area contributed by atoms with Crippen molar-refractivity contribution in [2.75, 3.05) is 4.90 Å². The molecular formula is C34H31F4N3OS. The molecule has 2 N–H and O–H groups in total. The molecule has 0 saturated carbocycles. The van der Waals surface area contributed by atoms with Crippen molar-refractivity contribution in [2.24, 2.45) is 11.1 Å². The standard InChI is InChI=1S/C34H31F4N3OS/c1-19-13-20(2)26(14-21(19)18-43-25-11-7-23(35)8-12-25)30-27(17-39)32(40)41(24-9-5-22(6-10-24)34(36,37)38)28-15-33(3,4)16-29(42)31(28)30/h5-14,30H,15-16,18,40H2,1-4H3. The molecule has 222 valence electrons. The third-order valence-electron chi connectivity index (χ3n) is 8.08. The van der Waals surface area contributed by atoms with Crippen molar-refractivity contribution in [3.63, 3.8) is 0 Å². The number of allylic oxidation sites excluding steroid dienone is 3. The highest BCUT2D eigenvalue weighted by atomic mass is 32.2. The number of benzene rings is 3. The van der Waals surface area contributed by atoms with Gasteiger partial charge in [-0.05, 0) is 96.5 Å². The Morgan fingerprint density at radius 3 is 2.28 bits per heavy atom. The first-order valence-corrected chi connectivity index (χ1v) is 14.8. The van der Waals surface area contributed by atoms with Crippen molar-refractivity contribution in [3.8, 4) is 6.07 Å². The summed E-state index contributed by atoms with van der Waals surface area (Å²) >= 11 is 1.55. The number of nitriles is 1. The van der Waals surface area contributed by atoms with Gasteiger partial charge in [0, 0.05) is 34.0 Å². The Morgan fingerprint density at radius 2 is 1.67 bits per heavy atom. The van der Waals surface area contributed by atoms with Crippen LogP contribution in [0.4, 0.5) is 23.2 Å². The Bertz CT molecular complexity index is 1700. The minimum absolute atomic E-state index is 0.0960. The number of nitrogens with zero attached hydrogens (tertiary/aromatic N) is 2. The molecule has 0 saturated heterocycles. The van der Waals surface area contributed by atoms with Gasteiger partial charge in [0.15, 0.2) is 5.78 Å². The summed E-state index contributed by atoms with van der Waals surface area (Å²) in [7, 11) is 0. The van der Waals surface area contributed by atoms with Crippen LogP contribution in [0.15, 0.2) is 88.2 Å². The Hall–Kier alpha value is -4.03. The number of Topliss-reactive ketones (excluding diaryl/α,β-unsaturated/α-hetero) is 1. The second-order valence-electron chi connectivity index (χ2n) is 11.9. The summed E-state index contributed by atoms with van der Waals surface area (Å²) in [5.41, 5.74) is 10.8. The van der Waals surface area contributed by atoms with Crippen LogP contribution in [0.3, 0.4) is 0 Å². The lowest BCUT2D eigenvalue weighted by molar-refractivity contribution is -0.137. The van der Waals surface area contributed by atoms with E-state index >= 15 is 0 Å². The van der Waals surface area contributed by atoms with Crippen LogP contribution in [0, 0.1) is 36.4 Å². The van der Waals surface area contributed by atoms with Crippen molar-refractivity contribution in [1.29, 1.82) is 5.26 Å². The summed E-state index contributed by atoms with van der Waals surface area (Å²) in [5.74, 6) is -0.458. The fourth-order valence-electron chi connectivity index (χ4n) is 5.99. The predicted octanol–water partition coefficient (Wildman–Crippen LogP) is 8.69. The predicted molar refractivity (Wildman–Crippen MR) is 160 cm³/mol. The van der Waals surface area contributed by atoms with Gasteiger partial charge in [0.1, 0.15) is 11.6 Å². The van der Waals surface area contributed by atoms with Crippen LogP contribution in [-0.2, 0) is 16.7 Å². The zero-order valence-corrected chi connectivity index (χ0v) is 25.1. The van der Waals surface area contributed by atoms with E-state index in [1.165, 1.54) is 24.3 Å². The van der Waals surface area contributed by atoms with Crippen LogP contribution < -0.4 is 10.6 Å². The molecule has 0 aromatic heterocycles. The van der Waals surface area contributed by atoms with E-state index in [1.54, 1.807) is 28.8 Å². The maximum Gasteiger partial charge on any atom is 0.416 e. The van der Waals surface area contributed by atoms with Crippen molar-refractivity contribution in [1.82, 2.24) is 0 Å². The molecule has 1 aliphatic heterocycles. The maximum atomic E-state index is 13.9. The highest BCUT2D eigenvalue weighted by molar-refractivity contribution is 7.98. The number of hydrogen-bond acceptors (Lipinski definition) is 5. The smallest absolute Gasteiger partial charge is 0.384 e. The molecule has 0 radical (unpaired) electrons. The van der Waals surface area contributed by atoms with E-state index in [9.17, 15) is 27.6 Å². The van der Waals surface area contributed by atoms with Crippen LogP contribution in [0.2, 0.25) is 0 Å². The van der Waals surface area contributed by atoms with Crippen LogP contribution in [0.25, 0.3) is 0 Å². The molecule has 1 aliphatic carbocycles. The second kappa shape index (κ2) is 11.2. The lowest BCUT2D eigenvalue weighted by Gasteiger charge is -2.44. The summed E-state index contributed by atoms with van der Waals surface area (Å²) in [6.07, 6.45) is -3.79. The van der Waals surface area contributed by atoms with Gasteiger partial charge in [-0.15, -0.1) is 11.8 Å². The van der Waals surface area contributed by atoms with Gasteiger partial charge in [0.25, 0.3) is 0 Å². The number of anilines is 1. The van der Waals surface area contributed by atoms with Gasteiger partial charge in [0.05, 0.1) is 23.1 Å². The molecule has 4 nitrogen and oxygen atoms in total. The van der Waals surface area contributed by atoms with Gasteiger partial charge in [0.2, 0.25) is 0 Å². The fraction of sp³-hybridized carbons (Fsp3) is 0.294. The molecule has 3 aromatic rings. The first-order valence-electron chi connectivity index (χ1n) is 13.8. The number of carbonyl (C=O) groups is 1. The molecule has 9 heteroatoms. The topological polar surface area (TPSA) is 70.1 Å². The zero-order valence-electron chi connectivity index (χ0n) is 24.3. The van der Waals surface area contributed by atoms with Gasteiger partial charge in [-0.1, -0.05) is 26.0 Å². The molecular weight excluding hydrogens is 574 g/mol. The Kier molecular flexibility index (Phi) is 7.95. The Labute approximate surface area is 252 Å². The molecule has 3 aromatic carbocycles. The highest BCUT2D eigenvalue weighted by Crippen LogP contribution is 2.51. The lowest BCUT2D eigenvalue weighted by Crippen LogP contribution is -2.42. The summed E-state index contributed by atoms with van der Waals surface area (Å²) in [4.78, 5) is 16.4. The Balaban J connectivity index is 1.64. The second-order valence-corrected chi connectivity index (χ2v) is 13.0. The van der Waals surface area contributed by atoms with Crippen molar-refractivity contribution >= 4 is 23.2 Å². The first kappa shape index (κ1) is 30.4. The molecule has 0 amide bonds. The third-order valence-corrected chi connectivity index (χ3v) is 9.14. The minimum atomic E-state index is -4.51. The van der Waals surface area contributed by atoms with Crippen LogP contribution in [0.1, 0.15) is 60.4 Å². The zero-order chi connectivity index (χ0) is 31.3. The van der Waals surface area contributed by atoms with Crippen LogP contribution in [0.5, 0.6) is 0 Å². The number of alkyl halides is 3. The molecule has 1 unspecified atom stereocenters. The number of hydrogen-bond donors (Lipinski definition) is 1. The van der Waals surface area contributed by atoms with E-state index in [4.69, 9.17) is 5.73 Å². The maximum absolute atomic E-state index is 13.9. The largest absolute Gasteiger partial charge is 0.416 e. The average Bonchev–Trinajstić information content (AvgIpc) is 2.92. The summed E-state index contributed by atoms with van der Waals surface area (Å²) in [5, 5.41) is 10.4. The molecule has 5 rings (SSSR count). The van der Waals surface area contributed by atoms with E-state index < -0.39 is 23.1 Å². The summed E-state index contributed by atoms with van der Waals surface area (Å²) in [6.45, 7) is 7.87. The van der Waals surface area contributed by atoms with Gasteiger partial charge >= 0.3 is 6.18 Å². The lowest BCUT2D eigenvalue weighted by atomic mass is 9.68. The minimum Gasteiger partial charge on any atom is -0.384 e. The molecule has 1 atom stereocenters. The first-order chi connectivity index (χ1) is 20.2. The van der Waals surface area contributed by atoms with E-state index in [0.29, 0.717) is 29.1 Å². The van der Waals surface area contributed by atoms with Crippen LogP contribution in [-0.4, -0.2) is 5.78 Å². The van der Waals surface area contributed by atoms with Gasteiger partial charge in [-0.3, -0.25) is 9.69 Å². The number of carbonyl (C=O) groups excluding carboxylic acids is 1. The number of ketones is 1. The van der Waals surface area contributed by atoms with Crippen LogP contribution >= 0.6 is 11.8 Å². The van der Waals surface area contributed by atoms with Gasteiger partial charge in [-0.2, -0.15) is 18.4 Å². The third kappa shape index (κ3) is 5.94. The van der Waals surface area contributed by atoms with Gasteiger partial charge in [-0.25, -0.2) is 4.39 Å². The van der Waals surface area contributed by atoms with Crippen molar-refractivity contribution < 1.29 is 22.4 Å². The number of thioether (sulfide) groups is 1. The number of halogens is 4. The Morgan fingerprint density at radius 1 is 1.02 bits per heavy atom. The molecule has 43 heavy (non-hydrogen) atoms. The summed E-state index contributed by atoms with van der Waals surface area (Å²) < 4.78 is 53.4. The quantitative estimate of drug-likeness (QED) is 0.233. The molecule has 2 aliphatic rings. The van der Waals surface area contributed by atoms with Crippen molar-refractivity contribution in [2.45, 2.75) is 63.3 Å². The van der Waals surface area contributed by atoms with E-state index in [0.717, 1.165) is 39.3 Å². The molecule has 0 fully saturated rings. The molecule has 0 bridgehead atoms. The highest BCUT2D eigenvalue weighted by Gasteiger charge is 2.45. The molecule has 0 spiro atoms. The summed E-state index contributed by atoms with van der Waals surface area (Å²) in [6, 6.07) is 17.2.